The van der Waals surface area contributed by atoms with Crippen LogP contribution in [0.4, 0.5) is 0 Å². The Labute approximate surface area is 170 Å². The minimum absolute atomic E-state index is 0.0232. The normalized spacial score (nSPS) is 15.7. The van der Waals surface area contributed by atoms with E-state index in [1.807, 2.05) is 17.9 Å². The first-order chi connectivity index (χ1) is 13.2. The average Bonchev–Trinajstić information content (AvgIpc) is 3.02. The lowest BCUT2D eigenvalue weighted by Gasteiger charge is -2.28. The van der Waals surface area contributed by atoms with Gasteiger partial charge in [0, 0.05) is 12.1 Å². The average molecular weight is 400 g/mol. The fraction of sp³-hybridized carbons (Fsp3) is 0.435. The van der Waals surface area contributed by atoms with Crippen LogP contribution >= 0.6 is 0 Å². The number of amides is 1. The molecule has 2 unspecified atom stereocenters. The van der Waals surface area contributed by atoms with Crippen molar-refractivity contribution in [2.45, 2.75) is 54.1 Å². The van der Waals surface area contributed by atoms with E-state index < -0.39 is 11.1 Å². The summed E-state index contributed by atoms with van der Waals surface area (Å²) in [5.41, 5.74) is 9.93. The molecule has 0 aromatic heterocycles. The molecule has 0 fully saturated rings. The lowest BCUT2D eigenvalue weighted by Crippen LogP contribution is -2.33. The van der Waals surface area contributed by atoms with Crippen LogP contribution in [0.2, 0.25) is 0 Å². The van der Waals surface area contributed by atoms with Crippen molar-refractivity contribution in [2.75, 3.05) is 12.9 Å². The summed E-state index contributed by atoms with van der Waals surface area (Å²) in [7, 11) is 1.44. The van der Waals surface area contributed by atoms with Gasteiger partial charge in [-0.15, -0.1) is 0 Å². The van der Waals surface area contributed by atoms with Gasteiger partial charge in [-0.1, -0.05) is 18.2 Å². The van der Waals surface area contributed by atoms with Crippen LogP contribution in [0.1, 0.15) is 60.9 Å². The Balaban J connectivity index is 2.10. The summed E-state index contributed by atoms with van der Waals surface area (Å²) >= 11 is -1.46. The van der Waals surface area contributed by atoms with Gasteiger partial charge in [0.05, 0.1) is 18.9 Å². The van der Waals surface area contributed by atoms with Crippen LogP contribution in [0.5, 0.6) is 0 Å². The highest BCUT2D eigenvalue weighted by Crippen LogP contribution is 2.38. The molecule has 0 spiro atoms. The van der Waals surface area contributed by atoms with Gasteiger partial charge in [0.1, 0.15) is 0 Å². The van der Waals surface area contributed by atoms with Crippen LogP contribution in [0.25, 0.3) is 0 Å². The molecule has 28 heavy (non-hydrogen) atoms. The van der Waals surface area contributed by atoms with Gasteiger partial charge in [0.25, 0.3) is 5.91 Å². The zero-order chi connectivity index (χ0) is 20.7. The minimum atomic E-state index is -1.46. The van der Waals surface area contributed by atoms with E-state index in [4.69, 9.17) is 4.18 Å². The predicted octanol–water partition coefficient (Wildman–Crippen LogP) is 4.54. The summed E-state index contributed by atoms with van der Waals surface area (Å²) in [5, 5.41) is 0. The number of carbonyl (C=O) groups is 1. The van der Waals surface area contributed by atoms with Gasteiger partial charge in [-0.25, -0.2) is 4.21 Å². The molecule has 0 radical (unpaired) electrons. The summed E-state index contributed by atoms with van der Waals surface area (Å²) < 4.78 is 17.3. The van der Waals surface area contributed by atoms with Crippen LogP contribution in [0.3, 0.4) is 0 Å². The van der Waals surface area contributed by atoms with E-state index in [1.165, 1.54) is 29.4 Å². The molecule has 2 aromatic carbocycles. The van der Waals surface area contributed by atoms with Gasteiger partial charge >= 0.3 is 0 Å². The summed E-state index contributed by atoms with van der Waals surface area (Å²) in [5.74, 6) is 0.282. The van der Waals surface area contributed by atoms with Crippen molar-refractivity contribution in [1.82, 2.24) is 4.90 Å². The van der Waals surface area contributed by atoms with E-state index in [1.54, 1.807) is 0 Å². The number of nitrogens with zero attached hydrogens (tertiary/aromatic N) is 1. The first-order valence-corrected chi connectivity index (χ1v) is 10.8. The summed E-state index contributed by atoms with van der Waals surface area (Å²) in [6.45, 7) is 13.0. The monoisotopic (exact) mass is 399 g/mol. The zero-order valence-electron chi connectivity index (χ0n) is 17.8. The Morgan fingerprint density at radius 2 is 1.64 bits per heavy atom. The molecule has 2 atom stereocenters. The second kappa shape index (κ2) is 7.80. The molecule has 4 nitrogen and oxygen atoms in total. The number of benzene rings is 2. The van der Waals surface area contributed by atoms with Crippen molar-refractivity contribution in [2.24, 2.45) is 0 Å². The molecular weight excluding hydrogens is 370 g/mol. The SMILES string of the molecule is COS(=O)CC(c1ccc(C)c(C)c1)N1Cc2c(C)c(C)c(C)c(C)c2C1=O. The van der Waals surface area contributed by atoms with Gasteiger partial charge in [-0.05, 0) is 86.1 Å². The van der Waals surface area contributed by atoms with E-state index in [-0.39, 0.29) is 17.7 Å². The van der Waals surface area contributed by atoms with Crippen molar-refractivity contribution in [1.29, 1.82) is 0 Å². The Bertz CT molecular complexity index is 981. The molecular formula is C23H29NO3S. The minimum Gasteiger partial charge on any atom is -0.326 e. The van der Waals surface area contributed by atoms with E-state index in [9.17, 15) is 9.00 Å². The smallest absolute Gasteiger partial charge is 0.255 e. The van der Waals surface area contributed by atoms with Crippen LogP contribution in [-0.2, 0) is 21.8 Å². The third kappa shape index (κ3) is 3.42. The van der Waals surface area contributed by atoms with Crippen molar-refractivity contribution in [3.05, 3.63) is 68.3 Å². The molecule has 1 aliphatic rings. The molecule has 150 valence electrons. The number of hydrogen-bond acceptors (Lipinski definition) is 3. The van der Waals surface area contributed by atoms with Crippen LogP contribution in [0, 0.1) is 41.5 Å². The van der Waals surface area contributed by atoms with E-state index in [0.29, 0.717) is 6.54 Å². The van der Waals surface area contributed by atoms with Gasteiger partial charge in [-0.3, -0.25) is 8.98 Å². The van der Waals surface area contributed by atoms with E-state index in [2.05, 4.69) is 46.8 Å². The molecule has 0 saturated carbocycles. The standard InChI is InChI=1S/C23H29NO3S/c1-13-8-9-19(10-14(13)2)21(12-28(26)27-7)24-11-20-17(5)15(3)16(4)18(6)22(20)23(24)25/h8-10,21H,11-12H2,1-7H3. The third-order valence-corrected chi connectivity index (χ3v) is 7.35. The van der Waals surface area contributed by atoms with Crippen molar-refractivity contribution >= 4 is 17.0 Å². The van der Waals surface area contributed by atoms with Crippen molar-refractivity contribution < 1.29 is 13.2 Å². The molecule has 1 heterocycles. The lowest BCUT2D eigenvalue weighted by molar-refractivity contribution is 0.0717. The van der Waals surface area contributed by atoms with Crippen LogP contribution in [0.15, 0.2) is 18.2 Å². The summed E-state index contributed by atoms with van der Waals surface area (Å²) in [6.07, 6.45) is 0. The van der Waals surface area contributed by atoms with Gasteiger partial charge in [0.15, 0.2) is 11.1 Å². The fourth-order valence-electron chi connectivity index (χ4n) is 4.05. The topological polar surface area (TPSA) is 46.6 Å². The van der Waals surface area contributed by atoms with Crippen molar-refractivity contribution in [3.63, 3.8) is 0 Å². The highest BCUT2D eigenvalue weighted by Gasteiger charge is 2.37. The molecule has 2 aromatic rings. The van der Waals surface area contributed by atoms with Gasteiger partial charge < -0.3 is 4.90 Å². The maximum atomic E-state index is 13.5. The van der Waals surface area contributed by atoms with Gasteiger partial charge in [0.2, 0.25) is 0 Å². The Kier molecular flexibility index (Phi) is 5.78. The molecule has 3 rings (SSSR count). The fourth-order valence-corrected chi connectivity index (χ4v) is 4.82. The molecule has 0 saturated heterocycles. The summed E-state index contributed by atoms with van der Waals surface area (Å²) in [4.78, 5) is 15.3. The number of fused-ring (bicyclic) bond motifs is 1. The van der Waals surface area contributed by atoms with Crippen LogP contribution in [-0.4, -0.2) is 27.9 Å². The number of rotatable bonds is 5. The zero-order valence-corrected chi connectivity index (χ0v) is 18.6. The van der Waals surface area contributed by atoms with E-state index in [0.717, 1.165) is 27.8 Å². The van der Waals surface area contributed by atoms with E-state index >= 15 is 0 Å². The first-order valence-electron chi connectivity index (χ1n) is 9.57. The number of aryl methyl sites for hydroxylation is 2. The molecule has 0 bridgehead atoms. The molecule has 0 N–H and O–H groups in total. The number of carbonyl (C=O) groups excluding carboxylic acids is 1. The quantitative estimate of drug-likeness (QED) is 0.741. The lowest BCUT2D eigenvalue weighted by atomic mass is 9.90. The Morgan fingerprint density at radius 3 is 2.25 bits per heavy atom. The molecule has 0 aliphatic carbocycles. The maximum Gasteiger partial charge on any atom is 0.255 e. The van der Waals surface area contributed by atoms with Gasteiger partial charge in [-0.2, -0.15) is 0 Å². The third-order valence-electron chi connectivity index (χ3n) is 6.39. The maximum absolute atomic E-state index is 13.5. The molecule has 1 aliphatic heterocycles. The Morgan fingerprint density at radius 1 is 1.00 bits per heavy atom. The van der Waals surface area contributed by atoms with Crippen molar-refractivity contribution in [3.8, 4) is 0 Å². The second-order valence-electron chi connectivity index (χ2n) is 7.78. The summed E-state index contributed by atoms with van der Waals surface area (Å²) in [6, 6.07) is 5.90. The predicted molar refractivity (Wildman–Crippen MR) is 114 cm³/mol. The highest BCUT2D eigenvalue weighted by atomic mass is 32.2. The second-order valence-corrected chi connectivity index (χ2v) is 9.06. The van der Waals surface area contributed by atoms with Crippen LogP contribution < -0.4 is 0 Å². The Hall–Kier alpha value is -1.98. The number of hydrogen-bond donors (Lipinski definition) is 0. The highest BCUT2D eigenvalue weighted by molar-refractivity contribution is 7.80. The molecule has 1 amide bonds. The molecule has 5 heteroatoms. The largest absolute Gasteiger partial charge is 0.326 e. The first kappa shape index (κ1) is 20.7.